The number of imidazole rings is 1. The number of aromatic nitrogens is 3. The van der Waals surface area contributed by atoms with Crippen LogP contribution in [0.4, 0.5) is 20.3 Å². The Kier molecular flexibility index (Phi) is 6.31. The van der Waals surface area contributed by atoms with Crippen molar-refractivity contribution in [3.05, 3.63) is 96.9 Å². The van der Waals surface area contributed by atoms with Crippen molar-refractivity contribution in [2.24, 2.45) is 5.92 Å². The first-order valence-electron chi connectivity index (χ1n) is 12.1. The Bertz CT molecular complexity index is 1440. The van der Waals surface area contributed by atoms with Crippen LogP contribution in [0.1, 0.15) is 42.6 Å². The van der Waals surface area contributed by atoms with Crippen LogP contribution in [0.2, 0.25) is 0 Å². The standard InChI is InChI=1S/C29H29F2N5/c1-4-35(22-8-6-5-7-9-22)17-24(27(30)31)23-11-10-20(16-19(23)3)25-26-28(32)33-12-13-36(26)29(34-25)21-14-18(2)15-21/h4-13,16-18,21,27H,1,14-15H2,2-3H3,(H2,32,33)/b24-17+. The van der Waals surface area contributed by atoms with Gasteiger partial charge in [-0.1, -0.05) is 43.8 Å². The fourth-order valence-electron chi connectivity index (χ4n) is 5.05. The molecule has 0 aliphatic heterocycles. The van der Waals surface area contributed by atoms with Gasteiger partial charge in [0.2, 0.25) is 0 Å². The quantitative estimate of drug-likeness (QED) is 0.305. The molecule has 0 unspecified atom stereocenters. The summed E-state index contributed by atoms with van der Waals surface area (Å²) in [6.07, 6.45) is 6.06. The highest BCUT2D eigenvalue weighted by atomic mass is 19.3. The monoisotopic (exact) mass is 485 g/mol. The normalized spacial score (nSPS) is 17.9. The third-order valence-electron chi connectivity index (χ3n) is 6.92. The Morgan fingerprint density at radius 3 is 2.58 bits per heavy atom. The Morgan fingerprint density at radius 1 is 1.19 bits per heavy atom. The molecule has 1 fully saturated rings. The number of allylic oxidation sites excluding steroid dienone is 1. The molecule has 2 N–H and O–H groups in total. The fourth-order valence-corrected chi connectivity index (χ4v) is 5.05. The highest BCUT2D eigenvalue weighted by Crippen LogP contribution is 2.43. The van der Waals surface area contributed by atoms with E-state index in [9.17, 15) is 8.78 Å². The van der Waals surface area contributed by atoms with E-state index < -0.39 is 6.43 Å². The number of nitrogens with zero attached hydrogens (tertiary/aromatic N) is 4. The van der Waals surface area contributed by atoms with Gasteiger partial charge in [0.15, 0.2) is 0 Å². The number of nitrogen functional groups attached to an aromatic ring is 1. The molecule has 2 aromatic heterocycles. The smallest absolute Gasteiger partial charge is 0.265 e. The summed E-state index contributed by atoms with van der Waals surface area (Å²) < 4.78 is 30.6. The third-order valence-corrected chi connectivity index (χ3v) is 6.92. The highest BCUT2D eigenvalue weighted by molar-refractivity contribution is 5.86. The number of para-hydroxylation sites is 1. The average Bonchev–Trinajstić information content (AvgIpc) is 3.24. The summed E-state index contributed by atoms with van der Waals surface area (Å²) in [5.74, 6) is 2.43. The van der Waals surface area contributed by atoms with E-state index >= 15 is 0 Å². The van der Waals surface area contributed by atoms with Crippen molar-refractivity contribution in [3.63, 3.8) is 0 Å². The number of fused-ring (bicyclic) bond motifs is 1. The third kappa shape index (κ3) is 4.26. The van der Waals surface area contributed by atoms with Crippen molar-refractivity contribution in [1.82, 2.24) is 14.4 Å². The van der Waals surface area contributed by atoms with Crippen LogP contribution in [0.5, 0.6) is 0 Å². The molecular formula is C29H29F2N5. The van der Waals surface area contributed by atoms with Crippen molar-refractivity contribution in [3.8, 4) is 11.3 Å². The van der Waals surface area contributed by atoms with E-state index in [0.717, 1.165) is 46.7 Å². The molecule has 36 heavy (non-hydrogen) atoms. The molecule has 5 nitrogen and oxygen atoms in total. The second kappa shape index (κ2) is 9.57. The van der Waals surface area contributed by atoms with Crippen LogP contribution in [0.15, 0.2) is 79.9 Å². The summed E-state index contributed by atoms with van der Waals surface area (Å²) in [4.78, 5) is 10.9. The molecule has 0 amide bonds. The SMILES string of the molecule is C=CN(/C=C(\c1ccc(-c2nc(C3CC(C)C3)n3ccnc(N)c23)cc1C)C(F)F)c1ccccc1. The molecule has 0 radical (unpaired) electrons. The lowest BCUT2D eigenvalue weighted by molar-refractivity contribution is 0.215. The molecule has 4 aromatic rings. The van der Waals surface area contributed by atoms with Gasteiger partial charge in [0.05, 0.1) is 0 Å². The highest BCUT2D eigenvalue weighted by Gasteiger charge is 2.31. The number of hydrogen-bond acceptors (Lipinski definition) is 4. The molecule has 2 aromatic carbocycles. The maximum Gasteiger partial charge on any atom is 0.265 e. The van der Waals surface area contributed by atoms with Crippen LogP contribution in [-0.4, -0.2) is 20.8 Å². The number of anilines is 2. The summed E-state index contributed by atoms with van der Waals surface area (Å²) >= 11 is 0. The zero-order valence-corrected chi connectivity index (χ0v) is 20.4. The molecule has 0 spiro atoms. The van der Waals surface area contributed by atoms with E-state index in [-0.39, 0.29) is 5.57 Å². The Labute approximate surface area is 209 Å². The van der Waals surface area contributed by atoms with Gasteiger partial charge in [0.25, 0.3) is 6.43 Å². The van der Waals surface area contributed by atoms with Gasteiger partial charge in [-0.3, -0.25) is 4.40 Å². The predicted octanol–water partition coefficient (Wildman–Crippen LogP) is 7.06. The second-order valence-electron chi connectivity index (χ2n) is 9.46. The van der Waals surface area contributed by atoms with Crippen LogP contribution in [-0.2, 0) is 0 Å². The van der Waals surface area contributed by atoms with E-state index in [2.05, 4.69) is 18.5 Å². The minimum Gasteiger partial charge on any atom is -0.382 e. The first-order chi connectivity index (χ1) is 17.4. The molecule has 0 atom stereocenters. The second-order valence-corrected chi connectivity index (χ2v) is 9.46. The lowest BCUT2D eigenvalue weighted by Crippen LogP contribution is -2.21. The Morgan fingerprint density at radius 2 is 1.94 bits per heavy atom. The summed E-state index contributed by atoms with van der Waals surface area (Å²) in [6.45, 7) is 7.88. The topological polar surface area (TPSA) is 59.5 Å². The minimum atomic E-state index is -2.67. The van der Waals surface area contributed by atoms with Gasteiger partial charge in [-0.05, 0) is 55.0 Å². The van der Waals surface area contributed by atoms with Crippen LogP contribution < -0.4 is 10.6 Å². The van der Waals surface area contributed by atoms with Crippen LogP contribution in [0.25, 0.3) is 22.3 Å². The number of aryl methyl sites for hydroxylation is 1. The number of halogens is 2. The van der Waals surface area contributed by atoms with Gasteiger partial charge in [-0.25, -0.2) is 18.7 Å². The number of benzene rings is 2. The molecule has 1 saturated carbocycles. The molecule has 5 rings (SSSR count). The van der Waals surface area contributed by atoms with Crippen molar-refractivity contribution in [2.45, 2.75) is 39.0 Å². The zero-order chi connectivity index (χ0) is 25.4. The van der Waals surface area contributed by atoms with Crippen molar-refractivity contribution >= 4 is 22.6 Å². The molecule has 7 heteroatoms. The first-order valence-corrected chi connectivity index (χ1v) is 12.1. The van der Waals surface area contributed by atoms with Gasteiger partial charge in [-0.15, -0.1) is 0 Å². The first kappa shape index (κ1) is 23.7. The van der Waals surface area contributed by atoms with Gasteiger partial charge in [0.1, 0.15) is 22.9 Å². The Balaban J connectivity index is 1.57. The molecule has 184 valence electrons. The van der Waals surface area contributed by atoms with E-state index in [0.29, 0.717) is 23.2 Å². The van der Waals surface area contributed by atoms with E-state index in [1.165, 1.54) is 12.4 Å². The summed E-state index contributed by atoms with van der Waals surface area (Å²) in [5, 5.41) is 0. The van der Waals surface area contributed by atoms with E-state index in [1.807, 2.05) is 60.0 Å². The number of rotatable bonds is 7. The molecule has 2 heterocycles. The number of alkyl halides is 2. The Hall–Kier alpha value is -4.00. The average molecular weight is 486 g/mol. The van der Waals surface area contributed by atoms with Crippen LogP contribution in [0, 0.1) is 12.8 Å². The maximum atomic E-state index is 14.3. The minimum absolute atomic E-state index is 0.0807. The molecule has 1 aliphatic carbocycles. The predicted molar refractivity (Wildman–Crippen MR) is 142 cm³/mol. The van der Waals surface area contributed by atoms with Gasteiger partial charge in [0, 0.05) is 47.5 Å². The number of nitrogens with two attached hydrogens (primary N) is 1. The number of hydrogen-bond donors (Lipinski definition) is 1. The summed E-state index contributed by atoms with van der Waals surface area (Å²) in [7, 11) is 0. The summed E-state index contributed by atoms with van der Waals surface area (Å²) in [6, 6.07) is 14.8. The summed E-state index contributed by atoms with van der Waals surface area (Å²) in [5.41, 5.74) is 10.5. The molecule has 1 aliphatic rings. The fraction of sp³-hybridized carbons (Fsp3) is 0.241. The van der Waals surface area contributed by atoms with E-state index in [1.54, 1.807) is 17.2 Å². The van der Waals surface area contributed by atoms with Gasteiger partial charge < -0.3 is 10.6 Å². The molecular weight excluding hydrogens is 456 g/mol. The van der Waals surface area contributed by atoms with Crippen molar-refractivity contribution < 1.29 is 8.78 Å². The van der Waals surface area contributed by atoms with Crippen LogP contribution in [0.3, 0.4) is 0 Å². The van der Waals surface area contributed by atoms with Crippen molar-refractivity contribution in [2.75, 3.05) is 10.6 Å². The van der Waals surface area contributed by atoms with E-state index in [4.69, 9.17) is 10.7 Å². The molecule has 0 bridgehead atoms. The van der Waals surface area contributed by atoms with Crippen molar-refractivity contribution in [1.29, 1.82) is 0 Å². The lowest BCUT2D eigenvalue weighted by Gasteiger charge is -2.31. The largest absolute Gasteiger partial charge is 0.382 e. The lowest BCUT2D eigenvalue weighted by atomic mass is 9.76. The van der Waals surface area contributed by atoms with Crippen LogP contribution >= 0.6 is 0 Å². The maximum absolute atomic E-state index is 14.3. The zero-order valence-electron chi connectivity index (χ0n) is 20.4. The molecule has 0 saturated heterocycles. The van der Waals surface area contributed by atoms with Gasteiger partial charge >= 0.3 is 0 Å². The van der Waals surface area contributed by atoms with Gasteiger partial charge in [-0.2, -0.15) is 0 Å².